The van der Waals surface area contributed by atoms with Crippen LogP contribution in [0.5, 0.6) is 0 Å². The Morgan fingerprint density at radius 3 is 2.75 bits per heavy atom. The highest BCUT2D eigenvalue weighted by Crippen LogP contribution is 2.19. The summed E-state index contributed by atoms with van der Waals surface area (Å²) in [5.74, 6) is 0. The number of rotatable bonds is 3. The smallest absolute Gasteiger partial charge is 0.253 e. The van der Waals surface area contributed by atoms with E-state index in [9.17, 15) is 8.78 Å². The van der Waals surface area contributed by atoms with Crippen LogP contribution in [0.2, 0.25) is 4.47 Å². The van der Waals surface area contributed by atoms with E-state index in [1.165, 1.54) is 17.5 Å². The summed E-state index contributed by atoms with van der Waals surface area (Å²) in [6, 6.07) is -1.12. The van der Waals surface area contributed by atoms with Gasteiger partial charge in [0.15, 0.2) is 4.47 Å². The molecule has 0 aliphatic rings. The van der Waals surface area contributed by atoms with Gasteiger partial charge in [-0.05, 0) is 0 Å². The van der Waals surface area contributed by atoms with Gasteiger partial charge in [-0.15, -0.1) is 11.3 Å². The molecule has 0 saturated heterocycles. The number of aromatic nitrogens is 1. The number of halogens is 3. The lowest BCUT2D eigenvalue weighted by molar-refractivity contribution is 0.116. The molecule has 0 amide bonds. The normalized spacial score (nSPS) is 13.8. The summed E-state index contributed by atoms with van der Waals surface area (Å²) in [4.78, 5) is 4.40. The third-order valence-electron chi connectivity index (χ3n) is 1.29. The quantitative estimate of drug-likeness (QED) is 0.832. The molecular weight excluding hydrogens is 206 g/mol. The lowest BCUT2D eigenvalue weighted by atomic mass is 10.2. The maximum Gasteiger partial charge on any atom is 0.253 e. The van der Waals surface area contributed by atoms with Crippen molar-refractivity contribution in [1.82, 2.24) is 4.98 Å². The molecule has 1 unspecified atom stereocenters. The van der Waals surface area contributed by atoms with Crippen molar-refractivity contribution in [2.45, 2.75) is 18.9 Å². The van der Waals surface area contributed by atoms with Crippen LogP contribution >= 0.6 is 22.9 Å². The van der Waals surface area contributed by atoms with Gasteiger partial charge in [-0.2, -0.15) is 0 Å². The molecule has 1 aromatic rings. The van der Waals surface area contributed by atoms with Crippen LogP contribution in [-0.4, -0.2) is 17.5 Å². The summed E-state index contributed by atoms with van der Waals surface area (Å²) in [5, 5.41) is 0. The van der Waals surface area contributed by atoms with E-state index in [4.69, 9.17) is 17.3 Å². The number of nitrogens with two attached hydrogens (primary N) is 1. The molecule has 0 aromatic carbocycles. The molecule has 2 N–H and O–H groups in total. The highest BCUT2D eigenvalue weighted by atomic mass is 35.5. The second-order valence-electron chi connectivity index (χ2n) is 2.28. The Morgan fingerprint density at radius 1 is 1.67 bits per heavy atom. The van der Waals surface area contributed by atoms with Crippen molar-refractivity contribution >= 4 is 22.9 Å². The van der Waals surface area contributed by atoms with E-state index in [1.807, 2.05) is 0 Å². The first-order valence-corrected chi connectivity index (χ1v) is 4.43. The zero-order valence-electron chi connectivity index (χ0n) is 6.01. The summed E-state index contributed by atoms with van der Waals surface area (Å²) < 4.78 is 24.2. The molecule has 0 radical (unpaired) electrons. The number of hydrogen-bond donors (Lipinski definition) is 1. The van der Waals surface area contributed by atoms with Gasteiger partial charge >= 0.3 is 0 Å². The zero-order chi connectivity index (χ0) is 9.14. The molecule has 0 saturated carbocycles. The average molecular weight is 213 g/mol. The minimum atomic E-state index is -2.49. The van der Waals surface area contributed by atoms with Crippen molar-refractivity contribution in [3.05, 3.63) is 15.5 Å². The van der Waals surface area contributed by atoms with Crippen LogP contribution in [0.25, 0.3) is 0 Å². The van der Waals surface area contributed by atoms with Crippen molar-refractivity contribution in [1.29, 1.82) is 0 Å². The largest absolute Gasteiger partial charge is 0.323 e. The first-order valence-electron chi connectivity index (χ1n) is 3.23. The zero-order valence-corrected chi connectivity index (χ0v) is 7.58. The average Bonchev–Trinajstić information content (AvgIpc) is 2.35. The lowest BCUT2D eigenvalue weighted by Crippen LogP contribution is -2.30. The molecule has 12 heavy (non-hydrogen) atoms. The molecule has 6 heteroatoms. The van der Waals surface area contributed by atoms with Crippen molar-refractivity contribution in [3.8, 4) is 0 Å². The highest BCUT2D eigenvalue weighted by molar-refractivity contribution is 7.15. The van der Waals surface area contributed by atoms with E-state index >= 15 is 0 Å². The Morgan fingerprint density at radius 2 is 2.33 bits per heavy atom. The van der Waals surface area contributed by atoms with Crippen LogP contribution in [0, 0.1) is 0 Å². The predicted molar refractivity (Wildman–Crippen MR) is 44.8 cm³/mol. The highest BCUT2D eigenvalue weighted by Gasteiger charge is 2.16. The molecule has 1 heterocycles. The summed E-state index contributed by atoms with van der Waals surface area (Å²) >= 11 is 6.68. The van der Waals surface area contributed by atoms with Crippen LogP contribution in [0.15, 0.2) is 6.20 Å². The van der Waals surface area contributed by atoms with Gasteiger partial charge in [-0.3, -0.25) is 0 Å². The van der Waals surface area contributed by atoms with E-state index < -0.39 is 12.5 Å². The van der Waals surface area contributed by atoms with Gasteiger partial charge in [-0.1, -0.05) is 11.6 Å². The van der Waals surface area contributed by atoms with Gasteiger partial charge in [0.2, 0.25) is 0 Å². The maximum atomic E-state index is 11.9. The van der Waals surface area contributed by atoms with E-state index in [-0.39, 0.29) is 6.42 Å². The van der Waals surface area contributed by atoms with Crippen LogP contribution in [0.4, 0.5) is 8.78 Å². The predicted octanol–water partition coefficient (Wildman–Crippen LogP) is 1.93. The van der Waals surface area contributed by atoms with Gasteiger partial charge < -0.3 is 5.73 Å². The molecule has 1 rings (SSSR count). The molecule has 2 nitrogen and oxygen atoms in total. The molecule has 0 fully saturated rings. The van der Waals surface area contributed by atoms with Crippen molar-refractivity contribution in [2.24, 2.45) is 5.73 Å². The Labute approximate surface area is 77.4 Å². The first kappa shape index (κ1) is 9.83. The van der Waals surface area contributed by atoms with E-state index in [0.717, 1.165) is 0 Å². The Kier molecular flexibility index (Phi) is 3.37. The fourth-order valence-corrected chi connectivity index (χ4v) is 1.75. The van der Waals surface area contributed by atoms with Gasteiger partial charge in [0.1, 0.15) is 0 Å². The molecule has 0 bridgehead atoms. The van der Waals surface area contributed by atoms with Gasteiger partial charge in [0.25, 0.3) is 6.43 Å². The van der Waals surface area contributed by atoms with E-state index in [2.05, 4.69) is 4.98 Å². The minimum Gasteiger partial charge on any atom is -0.323 e. The first-order chi connectivity index (χ1) is 5.59. The van der Waals surface area contributed by atoms with E-state index in [0.29, 0.717) is 9.34 Å². The third kappa shape index (κ3) is 2.66. The van der Waals surface area contributed by atoms with Crippen LogP contribution in [-0.2, 0) is 6.42 Å². The minimum absolute atomic E-state index is 0.127. The second-order valence-corrected chi connectivity index (χ2v) is 3.98. The monoisotopic (exact) mass is 212 g/mol. The summed E-state index contributed by atoms with van der Waals surface area (Å²) in [6.07, 6.45) is -0.900. The summed E-state index contributed by atoms with van der Waals surface area (Å²) in [5.41, 5.74) is 5.14. The van der Waals surface area contributed by atoms with Crippen LogP contribution in [0.1, 0.15) is 4.88 Å². The second kappa shape index (κ2) is 4.11. The fourth-order valence-electron chi connectivity index (χ4n) is 0.699. The summed E-state index contributed by atoms with van der Waals surface area (Å²) in [7, 11) is 0. The molecule has 1 aromatic heterocycles. The molecular formula is C6H7ClF2N2S. The lowest BCUT2D eigenvalue weighted by Gasteiger charge is -2.06. The number of hydrogen-bond acceptors (Lipinski definition) is 3. The van der Waals surface area contributed by atoms with Crippen molar-refractivity contribution in [2.75, 3.05) is 0 Å². The number of thiazole rings is 1. The molecule has 68 valence electrons. The Bertz CT molecular complexity index is 253. The molecule has 1 atom stereocenters. The van der Waals surface area contributed by atoms with E-state index in [1.54, 1.807) is 0 Å². The molecule has 0 aliphatic heterocycles. The van der Waals surface area contributed by atoms with Gasteiger partial charge in [0.05, 0.1) is 6.04 Å². The molecule has 0 spiro atoms. The molecule has 0 aliphatic carbocycles. The maximum absolute atomic E-state index is 11.9. The van der Waals surface area contributed by atoms with Crippen molar-refractivity contribution < 1.29 is 8.78 Å². The van der Waals surface area contributed by atoms with Crippen molar-refractivity contribution in [3.63, 3.8) is 0 Å². The van der Waals surface area contributed by atoms with Gasteiger partial charge in [-0.25, -0.2) is 13.8 Å². The topological polar surface area (TPSA) is 38.9 Å². The van der Waals surface area contributed by atoms with Gasteiger partial charge in [0, 0.05) is 17.5 Å². The standard InChI is InChI=1S/C6H7ClF2N2S/c7-6-11-2-3(12-6)1-4(10)5(8)9/h2,4-5H,1,10H2. The third-order valence-corrected chi connectivity index (χ3v) is 2.42. The van der Waals surface area contributed by atoms with Crippen LogP contribution in [0.3, 0.4) is 0 Å². The number of nitrogens with zero attached hydrogens (tertiary/aromatic N) is 1. The fraction of sp³-hybridized carbons (Fsp3) is 0.500. The number of alkyl halides is 2. The summed E-state index contributed by atoms with van der Waals surface area (Å²) in [6.45, 7) is 0. The Hall–Kier alpha value is -0.260. The Balaban J connectivity index is 2.52. The SMILES string of the molecule is NC(Cc1cnc(Cl)s1)C(F)F. The van der Waals surface area contributed by atoms with Crippen LogP contribution < -0.4 is 5.73 Å².